The normalized spacial score (nSPS) is 14.3. The number of rotatable bonds is 5. The Hall–Kier alpha value is -7.18. The zero-order chi connectivity index (χ0) is 35.6. The summed E-state index contributed by atoms with van der Waals surface area (Å²) in [6.07, 6.45) is 9.32. The Kier molecular flexibility index (Phi) is 6.89. The van der Waals surface area contributed by atoms with Gasteiger partial charge in [0.1, 0.15) is 17.3 Å². The second-order valence-electron chi connectivity index (χ2n) is 13.8. The second kappa shape index (κ2) is 12.2. The van der Waals surface area contributed by atoms with Crippen molar-refractivity contribution in [3.63, 3.8) is 0 Å². The van der Waals surface area contributed by atoms with E-state index in [1.807, 2.05) is 30.3 Å². The molecule has 0 bridgehead atoms. The van der Waals surface area contributed by atoms with E-state index >= 15 is 0 Å². The van der Waals surface area contributed by atoms with Gasteiger partial charge in [-0.25, -0.2) is 19.9 Å². The first-order valence-corrected chi connectivity index (χ1v) is 18.4. The van der Waals surface area contributed by atoms with Crippen LogP contribution in [0.3, 0.4) is 0 Å². The van der Waals surface area contributed by atoms with Crippen LogP contribution in [0, 0.1) is 0 Å². The third-order valence-corrected chi connectivity index (χ3v) is 10.6. The van der Waals surface area contributed by atoms with Crippen LogP contribution in [0.5, 0.6) is 0 Å². The first kappa shape index (κ1) is 30.4. The van der Waals surface area contributed by atoms with Gasteiger partial charge in [0.25, 0.3) is 0 Å². The molecule has 6 nitrogen and oxygen atoms in total. The van der Waals surface area contributed by atoms with E-state index in [1.54, 1.807) is 0 Å². The fraction of sp³-hybridized carbons (Fsp3) is 0.0417. The summed E-state index contributed by atoms with van der Waals surface area (Å²) in [7, 11) is 0. The average molecular weight is 693 g/mol. The third-order valence-electron chi connectivity index (χ3n) is 10.6. The predicted molar refractivity (Wildman–Crippen MR) is 220 cm³/mol. The van der Waals surface area contributed by atoms with Crippen molar-refractivity contribution >= 4 is 54.4 Å². The highest BCUT2D eigenvalue weighted by molar-refractivity contribution is 6.24. The number of aromatic nitrogens is 6. The van der Waals surface area contributed by atoms with Gasteiger partial charge in [-0.15, -0.1) is 0 Å². The predicted octanol–water partition coefficient (Wildman–Crippen LogP) is 11.5. The smallest absolute Gasteiger partial charge is 0.182 e. The van der Waals surface area contributed by atoms with Gasteiger partial charge in [-0.3, -0.25) is 4.57 Å². The molecular weight excluding hydrogens is 661 g/mol. The SMILES string of the molecule is C1=CCC(c2nc(-c3ccccc3)nc(-c3cc4ccccc4c(-n4c5ccccc5c5ccc6c7ccccc7n(-c7ccccc7)c6c54)n3)n2)C=C1. The monoisotopic (exact) mass is 692 g/mol. The molecule has 1 unspecified atom stereocenters. The zero-order valence-electron chi connectivity index (χ0n) is 29.2. The molecule has 4 heterocycles. The van der Waals surface area contributed by atoms with Crippen molar-refractivity contribution in [3.05, 3.63) is 182 Å². The molecule has 1 aliphatic rings. The first-order chi connectivity index (χ1) is 26.8. The van der Waals surface area contributed by atoms with E-state index in [-0.39, 0.29) is 5.92 Å². The Bertz CT molecular complexity index is 3140. The summed E-state index contributed by atoms with van der Waals surface area (Å²) in [5.41, 5.74) is 7.23. The molecule has 10 aromatic rings. The van der Waals surface area contributed by atoms with Crippen LogP contribution in [-0.2, 0) is 0 Å². The topological polar surface area (TPSA) is 61.4 Å². The molecule has 0 saturated carbocycles. The lowest BCUT2D eigenvalue weighted by Crippen LogP contribution is -2.09. The molecule has 0 N–H and O–H groups in total. The van der Waals surface area contributed by atoms with Gasteiger partial charge < -0.3 is 4.57 Å². The minimum Gasteiger partial charge on any atom is -0.307 e. The highest BCUT2D eigenvalue weighted by Gasteiger charge is 2.24. The lowest BCUT2D eigenvalue weighted by Gasteiger charge is -2.16. The fourth-order valence-electron chi connectivity index (χ4n) is 8.19. The molecule has 1 atom stereocenters. The van der Waals surface area contributed by atoms with Crippen LogP contribution in [0.4, 0.5) is 0 Å². The molecule has 0 spiro atoms. The van der Waals surface area contributed by atoms with Crippen LogP contribution in [0.2, 0.25) is 0 Å². The molecule has 54 heavy (non-hydrogen) atoms. The number of hydrogen-bond acceptors (Lipinski definition) is 4. The highest BCUT2D eigenvalue weighted by atomic mass is 15.1. The largest absolute Gasteiger partial charge is 0.307 e. The number of benzene rings is 6. The maximum Gasteiger partial charge on any atom is 0.182 e. The van der Waals surface area contributed by atoms with Gasteiger partial charge in [-0.1, -0.05) is 146 Å². The van der Waals surface area contributed by atoms with Crippen LogP contribution in [0.25, 0.3) is 88.8 Å². The van der Waals surface area contributed by atoms with Crippen molar-refractivity contribution in [2.24, 2.45) is 0 Å². The van der Waals surface area contributed by atoms with E-state index in [2.05, 4.69) is 155 Å². The van der Waals surface area contributed by atoms with Gasteiger partial charge in [0.2, 0.25) is 0 Å². The quantitative estimate of drug-likeness (QED) is 0.180. The number of pyridine rings is 1. The Labute approximate surface area is 311 Å². The van der Waals surface area contributed by atoms with Crippen LogP contribution in [0.1, 0.15) is 18.2 Å². The molecule has 0 radical (unpaired) electrons. The highest BCUT2D eigenvalue weighted by Crippen LogP contribution is 2.42. The Morgan fingerprint density at radius 3 is 1.81 bits per heavy atom. The van der Waals surface area contributed by atoms with Crippen LogP contribution in [0.15, 0.2) is 176 Å². The summed E-state index contributed by atoms with van der Waals surface area (Å²) in [5.74, 6) is 2.81. The van der Waals surface area contributed by atoms with Gasteiger partial charge in [0.05, 0.1) is 22.1 Å². The van der Waals surface area contributed by atoms with E-state index in [4.69, 9.17) is 19.9 Å². The summed E-state index contributed by atoms with van der Waals surface area (Å²) in [4.78, 5) is 20.9. The van der Waals surface area contributed by atoms with Gasteiger partial charge in [-0.2, -0.15) is 0 Å². The van der Waals surface area contributed by atoms with E-state index in [0.29, 0.717) is 17.3 Å². The van der Waals surface area contributed by atoms with E-state index in [9.17, 15) is 0 Å². The molecule has 6 heteroatoms. The molecular formula is C48H32N6. The van der Waals surface area contributed by atoms with Crippen LogP contribution >= 0.6 is 0 Å². The lowest BCUT2D eigenvalue weighted by atomic mass is 10.00. The number of nitrogens with zero attached hydrogens (tertiary/aromatic N) is 6. The van der Waals surface area contributed by atoms with Crippen molar-refractivity contribution in [1.82, 2.24) is 29.1 Å². The number of para-hydroxylation sites is 3. The Balaban J connectivity index is 1.26. The molecule has 1 aliphatic carbocycles. The molecule has 254 valence electrons. The van der Waals surface area contributed by atoms with Gasteiger partial charge in [0.15, 0.2) is 11.6 Å². The molecule has 0 aliphatic heterocycles. The summed E-state index contributed by atoms with van der Waals surface area (Å²) in [6.45, 7) is 0. The first-order valence-electron chi connectivity index (χ1n) is 18.4. The molecule has 11 rings (SSSR count). The molecule has 0 saturated heterocycles. The fourth-order valence-corrected chi connectivity index (χ4v) is 8.19. The van der Waals surface area contributed by atoms with Crippen molar-refractivity contribution in [2.75, 3.05) is 0 Å². The Morgan fingerprint density at radius 2 is 1.09 bits per heavy atom. The second-order valence-corrected chi connectivity index (χ2v) is 13.8. The number of hydrogen-bond donors (Lipinski definition) is 0. The van der Waals surface area contributed by atoms with Gasteiger partial charge in [0, 0.05) is 44.1 Å². The van der Waals surface area contributed by atoms with E-state index < -0.39 is 0 Å². The van der Waals surface area contributed by atoms with E-state index in [1.165, 1.54) is 21.5 Å². The van der Waals surface area contributed by atoms with Crippen molar-refractivity contribution in [3.8, 4) is 34.4 Å². The van der Waals surface area contributed by atoms with Crippen molar-refractivity contribution < 1.29 is 0 Å². The maximum atomic E-state index is 5.57. The number of fused-ring (bicyclic) bond motifs is 8. The summed E-state index contributed by atoms with van der Waals surface area (Å²) >= 11 is 0. The van der Waals surface area contributed by atoms with Crippen molar-refractivity contribution in [1.29, 1.82) is 0 Å². The summed E-state index contributed by atoms with van der Waals surface area (Å²) in [6, 6.07) is 53.3. The van der Waals surface area contributed by atoms with Gasteiger partial charge >= 0.3 is 0 Å². The summed E-state index contributed by atoms with van der Waals surface area (Å²) in [5, 5.41) is 6.83. The molecule has 0 fully saturated rings. The minimum atomic E-state index is 0.0460. The van der Waals surface area contributed by atoms with Crippen molar-refractivity contribution in [2.45, 2.75) is 12.3 Å². The standard InChI is InChI=1S/C48H32N6/c1-4-16-31(17-5-1)45-50-46(32-18-6-2-7-19-32)52-47(51-45)40-30-33-20-10-11-23-35(33)48(49-40)54-42-27-15-13-25-37(42)39-29-28-38-36-24-12-14-26-41(36)53(43(38)44(39)54)34-21-8-3-9-22-34/h1-18,20-30,32H,19H2. The summed E-state index contributed by atoms with van der Waals surface area (Å²) < 4.78 is 4.77. The maximum absolute atomic E-state index is 5.57. The lowest BCUT2D eigenvalue weighted by molar-refractivity contribution is 0.763. The zero-order valence-corrected chi connectivity index (χ0v) is 29.2. The molecule has 0 amide bonds. The average Bonchev–Trinajstić information content (AvgIpc) is 3.77. The third kappa shape index (κ3) is 4.73. The number of allylic oxidation sites excluding steroid dienone is 4. The van der Waals surface area contributed by atoms with E-state index in [0.717, 1.165) is 62.2 Å². The van der Waals surface area contributed by atoms with Crippen LogP contribution < -0.4 is 0 Å². The molecule has 4 aromatic heterocycles. The molecule has 6 aromatic carbocycles. The van der Waals surface area contributed by atoms with Crippen LogP contribution in [-0.4, -0.2) is 29.1 Å². The minimum absolute atomic E-state index is 0.0460. The Morgan fingerprint density at radius 1 is 0.481 bits per heavy atom. The van der Waals surface area contributed by atoms with Gasteiger partial charge in [-0.05, 0) is 42.1 Å².